The summed E-state index contributed by atoms with van der Waals surface area (Å²) in [5, 5.41) is 0. The van der Waals surface area contributed by atoms with Gasteiger partial charge < -0.3 is 0 Å². The van der Waals surface area contributed by atoms with Crippen molar-refractivity contribution in [2.45, 2.75) is 19.3 Å². The molecular weight excluding hydrogens is 211 g/mol. The fourth-order valence-corrected chi connectivity index (χ4v) is 2.31. The van der Waals surface area contributed by atoms with Crippen LogP contribution in [0.4, 0.5) is 0 Å². The second-order valence-corrected chi connectivity index (χ2v) is 4.52. The zero-order chi connectivity index (χ0) is 10.1. The van der Waals surface area contributed by atoms with E-state index in [1.807, 2.05) is 24.3 Å². The molecule has 0 spiro atoms. The molecule has 1 fully saturated rings. The van der Waals surface area contributed by atoms with Gasteiger partial charge in [0.15, 0.2) is 0 Å². The second-order valence-electron chi connectivity index (χ2n) is 3.30. The third kappa shape index (κ3) is 8.15. The Morgan fingerprint density at radius 3 is 2.13 bits per heavy atom. The molecule has 1 heterocycles. The third-order valence-corrected chi connectivity index (χ3v) is 3.20. The summed E-state index contributed by atoms with van der Waals surface area (Å²) < 4.78 is 0. The standard InChI is InChI=1S/C9H10.C4H8S.Na.H/c1-2-6-9-7-4-3-5-8-9;1-2-4-5-3-1;;/h2-5,7-8H,1,6H2;1-4H2;;. The molecule has 0 aliphatic carbocycles. The summed E-state index contributed by atoms with van der Waals surface area (Å²) in [6.45, 7) is 3.66. The predicted molar refractivity (Wildman–Crippen MR) is 74.1 cm³/mol. The molecule has 0 radical (unpaired) electrons. The summed E-state index contributed by atoms with van der Waals surface area (Å²) in [4.78, 5) is 0. The number of rotatable bonds is 2. The zero-order valence-corrected chi connectivity index (χ0v) is 9.43. The molecule has 1 aliphatic heterocycles. The Balaban J connectivity index is 0.000000280. The molecule has 1 saturated heterocycles. The molecule has 78 valence electrons. The first-order valence-corrected chi connectivity index (χ1v) is 6.31. The number of allylic oxidation sites excluding steroid dienone is 1. The van der Waals surface area contributed by atoms with Crippen LogP contribution in [-0.4, -0.2) is 41.1 Å². The van der Waals surface area contributed by atoms with Gasteiger partial charge in [-0.25, -0.2) is 0 Å². The van der Waals surface area contributed by atoms with Crippen molar-refractivity contribution < 1.29 is 0 Å². The average Bonchev–Trinajstić information content (AvgIpc) is 2.78. The fraction of sp³-hybridized carbons (Fsp3) is 0.385. The molecule has 0 N–H and O–H groups in total. The average molecular weight is 230 g/mol. The zero-order valence-electron chi connectivity index (χ0n) is 8.61. The van der Waals surface area contributed by atoms with Gasteiger partial charge in [0.1, 0.15) is 0 Å². The molecule has 0 unspecified atom stereocenters. The molecule has 2 rings (SSSR count). The van der Waals surface area contributed by atoms with Crippen LogP contribution in [0.1, 0.15) is 18.4 Å². The topological polar surface area (TPSA) is 0 Å². The summed E-state index contributed by atoms with van der Waals surface area (Å²) >= 11 is 2.07. The Kier molecular flexibility index (Phi) is 11.0. The minimum atomic E-state index is 0. The Hall–Kier alpha value is 0.310. The Labute approximate surface area is 120 Å². The third-order valence-electron chi connectivity index (χ3n) is 2.05. The van der Waals surface area contributed by atoms with Gasteiger partial charge in [0.05, 0.1) is 0 Å². The van der Waals surface area contributed by atoms with Gasteiger partial charge in [0.25, 0.3) is 0 Å². The normalized spacial score (nSPS) is 13.3. The Morgan fingerprint density at radius 1 is 1.13 bits per heavy atom. The first kappa shape index (κ1) is 15.3. The quantitative estimate of drug-likeness (QED) is 0.555. The molecule has 1 aliphatic rings. The van der Waals surface area contributed by atoms with E-state index in [-0.39, 0.29) is 29.6 Å². The van der Waals surface area contributed by atoms with Crippen molar-refractivity contribution in [1.82, 2.24) is 0 Å². The molecule has 1 aromatic carbocycles. The van der Waals surface area contributed by atoms with E-state index in [2.05, 4.69) is 30.5 Å². The Morgan fingerprint density at radius 2 is 1.73 bits per heavy atom. The molecule has 1 aromatic rings. The van der Waals surface area contributed by atoms with Crippen LogP contribution in [0, 0.1) is 0 Å². The van der Waals surface area contributed by atoms with Crippen molar-refractivity contribution in [2.24, 2.45) is 0 Å². The van der Waals surface area contributed by atoms with Crippen LogP contribution in [0.2, 0.25) is 0 Å². The van der Waals surface area contributed by atoms with Crippen molar-refractivity contribution in [3.63, 3.8) is 0 Å². The molecule has 2 heteroatoms. The number of hydrogen-bond donors (Lipinski definition) is 0. The summed E-state index contributed by atoms with van der Waals surface area (Å²) in [7, 11) is 0. The van der Waals surface area contributed by atoms with Gasteiger partial charge in [-0.2, -0.15) is 11.8 Å². The molecule has 0 saturated carbocycles. The van der Waals surface area contributed by atoms with Gasteiger partial charge in [-0.05, 0) is 36.3 Å². The van der Waals surface area contributed by atoms with Gasteiger partial charge >= 0.3 is 29.6 Å². The molecular formula is C13H19NaS. The van der Waals surface area contributed by atoms with Crippen molar-refractivity contribution in [3.8, 4) is 0 Å². The second kappa shape index (κ2) is 10.8. The van der Waals surface area contributed by atoms with Gasteiger partial charge in [-0.1, -0.05) is 36.4 Å². The summed E-state index contributed by atoms with van der Waals surface area (Å²) in [6.07, 6.45) is 5.81. The SMILES string of the molecule is C1CCSC1.C=CCc1ccccc1.[NaH]. The van der Waals surface area contributed by atoms with E-state index in [1.54, 1.807) is 0 Å². The van der Waals surface area contributed by atoms with E-state index < -0.39 is 0 Å². The van der Waals surface area contributed by atoms with Crippen molar-refractivity contribution in [3.05, 3.63) is 48.6 Å². The summed E-state index contributed by atoms with van der Waals surface area (Å²) in [5.74, 6) is 2.83. The first-order valence-electron chi connectivity index (χ1n) is 5.16. The van der Waals surface area contributed by atoms with Crippen molar-refractivity contribution in [2.75, 3.05) is 11.5 Å². The van der Waals surface area contributed by atoms with Crippen LogP contribution in [-0.2, 0) is 6.42 Å². The van der Waals surface area contributed by atoms with E-state index in [9.17, 15) is 0 Å². The van der Waals surface area contributed by atoms with Crippen molar-refractivity contribution >= 4 is 41.3 Å². The van der Waals surface area contributed by atoms with Crippen LogP contribution < -0.4 is 0 Å². The summed E-state index contributed by atoms with van der Waals surface area (Å²) in [5.41, 5.74) is 1.33. The van der Waals surface area contributed by atoms with Crippen LogP contribution in [0.15, 0.2) is 43.0 Å². The number of hydrogen-bond acceptors (Lipinski definition) is 1. The fourth-order valence-electron chi connectivity index (χ4n) is 1.29. The summed E-state index contributed by atoms with van der Waals surface area (Å²) in [6, 6.07) is 10.3. The molecule has 0 bridgehead atoms. The molecule has 0 atom stereocenters. The van der Waals surface area contributed by atoms with Crippen LogP contribution in [0.3, 0.4) is 0 Å². The number of thioether (sulfide) groups is 1. The number of benzene rings is 1. The van der Waals surface area contributed by atoms with E-state index in [4.69, 9.17) is 0 Å². The van der Waals surface area contributed by atoms with E-state index in [1.165, 1.54) is 29.9 Å². The monoisotopic (exact) mass is 230 g/mol. The molecule has 15 heavy (non-hydrogen) atoms. The van der Waals surface area contributed by atoms with Crippen LogP contribution in [0.5, 0.6) is 0 Å². The maximum atomic E-state index is 3.66. The van der Waals surface area contributed by atoms with Gasteiger partial charge in [0.2, 0.25) is 0 Å². The molecule has 0 amide bonds. The van der Waals surface area contributed by atoms with E-state index >= 15 is 0 Å². The molecule has 0 nitrogen and oxygen atoms in total. The van der Waals surface area contributed by atoms with Gasteiger partial charge in [-0.3, -0.25) is 0 Å². The first-order chi connectivity index (χ1) is 6.93. The van der Waals surface area contributed by atoms with Crippen molar-refractivity contribution in [1.29, 1.82) is 0 Å². The van der Waals surface area contributed by atoms with Crippen LogP contribution >= 0.6 is 11.8 Å². The maximum absolute atomic E-state index is 3.66. The van der Waals surface area contributed by atoms with E-state index in [0.29, 0.717) is 0 Å². The Bertz CT molecular complexity index is 234. The minimum absolute atomic E-state index is 0. The predicted octanol–water partition coefficient (Wildman–Crippen LogP) is 3.28. The van der Waals surface area contributed by atoms with E-state index in [0.717, 1.165) is 6.42 Å². The van der Waals surface area contributed by atoms with Gasteiger partial charge in [0, 0.05) is 0 Å². The van der Waals surface area contributed by atoms with Gasteiger partial charge in [-0.15, -0.1) is 6.58 Å². The van der Waals surface area contributed by atoms with Crippen LogP contribution in [0.25, 0.3) is 0 Å². The molecule has 0 aromatic heterocycles.